The highest BCUT2D eigenvalue weighted by molar-refractivity contribution is 7.91. The zero-order valence-electron chi connectivity index (χ0n) is 8.80. The summed E-state index contributed by atoms with van der Waals surface area (Å²) in [6.07, 6.45) is 3.08. The number of hydrogen-bond donors (Lipinski definition) is 1. The molecule has 0 saturated heterocycles. The van der Waals surface area contributed by atoms with Gasteiger partial charge < -0.3 is 5.73 Å². The second kappa shape index (κ2) is 5.29. The molecule has 1 aromatic rings. The lowest BCUT2D eigenvalue weighted by Gasteiger charge is -2.17. The van der Waals surface area contributed by atoms with E-state index in [4.69, 9.17) is 5.73 Å². The zero-order chi connectivity index (χ0) is 12.2. The van der Waals surface area contributed by atoms with E-state index in [0.29, 0.717) is 5.69 Å². The second-order valence-corrected chi connectivity index (χ2v) is 6.17. The number of sulfonamides is 1. The normalized spacial score (nSPS) is 11.6. The zero-order valence-corrected chi connectivity index (χ0v) is 10.4. The van der Waals surface area contributed by atoms with Crippen LogP contribution in [-0.4, -0.2) is 25.8 Å². The van der Waals surface area contributed by atoms with Gasteiger partial charge in [-0.2, -0.15) is 4.31 Å². The van der Waals surface area contributed by atoms with Crippen LogP contribution in [0.4, 0.5) is 5.69 Å². The number of nitrogens with zero attached hydrogens (tertiary/aromatic N) is 1. The Morgan fingerprint density at radius 2 is 1.94 bits per heavy atom. The van der Waals surface area contributed by atoms with E-state index >= 15 is 0 Å². The van der Waals surface area contributed by atoms with Gasteiger partial charge in [-0.3, -0.25) is 0 Å². The molecule has 1 aromatic heterocycles. The first-order valence-corrected chi connectivity index (χ1v) is 6.90. The molecule has 0 bridgehead atoms. The Morgan fingerprint density at radius 3 is 2.31 bits per heavy atom. The number of nitrogen functional groups attached to an aromatic ring is 1. The summed E-state index contributed by atoms with van der Waals surface area (Å²) in [7, 11) is -3.48. The van der Waals surface area contributed by atoms with Gasteiger partial charge in [-0.05, 0) is 6.07 Å². The van der Waals surface area contributed by atoms with Gasteiger partial charge in [-0.25, -0.2) is 8.42 Å². The minimum atomic E-state index is -3.48. The Labute approximate surface area is 99.7 Å². The van der Waals surface area contributed by atoms with E-state index in [-0.39, 0.29) is 17.3 Å². The van der Waals surface area contributed by atoms with Crippen molar-refractivity contribution in [2.75, 3.05) is 18.8 Å². The topological polar surface area (TPSA) is 63.4 Å². The average molecular weight is 258 g/mol. The van der Waals surface area contributed by atoms with Crippen LogP contribution in [0.5, 0.6) is 0 Å². The van der Waals surface area contributed by atoms with Gasteiger partial charge >= 0.3 is 0 Å². The Bertz CT molecular complexity index is 467. The molecule has 0 unspecified atom stereocenters. The average Bonchev–Trinajstić information content (AvgIpc) is 2.65. The Kier molecular flexibility index (Phi) is 4.28. The minimum absolute atomic E-state index is 0.244. The molecule has 0 atom stereocenters. The first kappa shape index (κ1) is 13.0. The highest BCUT2D eigenvalue weighted by Crippen LogP contribution is 2.24. The second-order valence-electron chi connectivity index (χ2n) is 3.10. The van der Waals surface area contributed by atoms with E-state index in [0.717, 1.165) is 11.3 Å². The molecule has 1 heterocycles. The number of anilines is 1. The van der Waals surface area contributed by atoms with Crippen LogP contribution in [0.15, 0.2) is 41.0 Å². The van der Waals surface area contributed by atoms with Gasteiger partial charge in [0.1, 0.15) is 4.21 Å². The van der Waals surface area contributed by atoms with Crippen LogP contribution in [-0.2, 0) is 10.0 Å². The van der Waals surface area contributed by atoms with Gasteiger partial charge in [0.05, 0.1) is 0 Å². The Balaban J connectivity index is 3.06. The van der Waals surface area contributed by atoms with Gasteiger partial charge in [0.25, 0.3) is 10.0 Å². The van der Waals surface area contributed by atoms with Crippen molar-refractivity contribution in [1.29, 1.82) is 0 Å². The molecular weight excluding hydrogens is 244 g/mol. The van der Waals surface area contributed by atoms with Crippen LogP contribution < -0.4 is 5.73 Å². The molecule has 88 valence electrons. The van der Waals surface area contributed by atoms with Gasteiger partial charge in [-0.15, -0.1) is 24.5 Å². The molecule has 0 aliphatic carbocycles. The van der Waals surface area contributed by atoms with Crippen LogP contribution >= 0.6 is 11.3 Å². The van der Waals surface area contributed by atoms with Crippen molar-refractivity contribution in [3.8, 4) is 0 Å². The molecule has 0 aromatic carbocycles. The summed E-state index contributed by atoms with van der Waals surface area (Å²) in [5, 5.41) is 1.60. The van der Waals surface area contributed by atoms with Crippen molar-refractivity contribution >= 4 is 27.0 Å². The Hall–Kier alpha value is -1.11. The summed E-state index contributed by atoms with van der Waals surface area (Å²) in [6, 6.07) is 1.46. The van der Waals surface area contributed by atoms with Crippen LogP contribution in [0.25, 0.3) is 0 Å². The lowest BCUT2D eigenvalue weighted by Crippen LogP contribution is -2.30. The van der Waals surface area contributed by atoms with Gasteiger partial charge in [0.15, 0.2) is 0 Å². The van der Waals surface area contributed by atoms with Crippen LogP contribution in [0.1, 0.15) is 0 Å². The molecule has 16 heavy (non-hydrogen) atoms. The molecule has 0 spiro atoms. The molecule has 0 aliphatic rings. The van der Waals surface area contributed by atoms with Crippen LogP contribution in [0.2, 0.25) is 0 Å². The molecule has 0 amide bonds. The van der Waals surface area contributed by atoms with Crippen LogP contribution in [0, 0.1) is 0 Å². The summed E-state index contributed by atoms with van der Waals surface area (Å²) in [5.41, 5.74) is 5.97. The van der Waals surface area contributed by atoms with Gasteiger partial charge in [0.2, 0.25) is 0 Å². The molecule has 0 fully saturated rings. The molecule has 0 aliphatic heterocycles. The maximum Gasteiger partial charge on any atom is 0.253 e. The quantitative estimate of drug-likeness (QED) is 0.790. The smallest absolute Gasteiger partial charge is 0.253 e. The predicted octanol–water partition coefficient (Wildman–Crippen LogP) is 1.69. The van der Waals surface area contributed by atoms with E-state index in [1.165, 1.54) is 22.5 Å². The van der Waals surface area contributed by atoms with Crippen molar-refractivity contribution in [1.82, 2.24) is 4.31 Å². The van der Waals surface area contributed by atoms with E-state index in [1.54, 1.807) is 5.38 Å². The maximum absolute atomic E-state index is 12.1. The summed E-state index contributed by atoms with van der Waals surface area (Å²) >= 11 is 1.11. The highest BCUT2D eigenvalue weighted by Gasteiger charge is 2.23. The maximum atomic E-state index is 12.1. The van der Waals surface area contributed by atoms with E-state index in [1.807, 2.05) is 0 Å². The van der Waals surface area contributed by atoms with Crippen LogP contribution in [0.3, 0.4) is 0 Å². The lowest BCUT2D eigenvalue weighted by atomic mass is 10.5. The van der Waals surface area contributed by atoms with E-state index < -0.39 is 10.0 Å². The first-order chi connectivity index (χ1) is 7.52. The molecule has 6 heteroatoms. The van der Waals surface area contributed by atoms with Gasteiger partial charge in [-0.1, -0.05) is 12.2 Å². The molecular formula is C10H14N2O2S2. The molecule has 0 radical (unpaired) electrons. The first-order valence-electron chi connectivity index (χ1n) is 4.58. The fourth-order valence-electron chi connectivity index (χ4n) is 1.15. The minimum Gasteiger partial charge on any atom is -0.398 e. The predicted molar refractivity (Wildman–Crippen MR) is 67.9 cm³/mol. The summed E-state index contributed by atoms with van der Waals surface area (Å²) in [5.74, 6) is 0. The van der Waals surface area contributed by atoms with Crippen molar-refractivity contribution in [2.24, 2.45) is 0 Å². The third-order valence-corrected chi connectivity index (χ3v) is 5.12. The molecule has 4 nitrogen and oxygen atoms in total. The molecule has 0 saturated carbocycles. The number of rotatable bonds is 6. The van der Waals surface area contributed by atoms with E-state index in [2.05, 4.69) is 13.2 Å². The van der Waals surface area contributed by atoms with E-state index in [9.17, 15) is 8.42 Å². The standard InChI is InChI=1S/C10H14N2O2S2/c1-3-5-12(6-4-2)16(13,14)10-7-9(11)8-15-10/h3-4,7-8H,1-2,5-6,11H2. The van der Waals surface area contributed by atoms with Crippen molar-refractivity contribution in [2.45, 2.75) is 4.21 Å². The number of hydrogen-bond acceptors (Lipinski definition) is 4. The largest absolute Gasteiger partial charge is 0.398 e. The number of thiophene rings is 1. The number of nitrogens with two attached hydrogens (primary N) is 1. The third-order valence-electron chi connectivity index (χ3n) is 1.86. The van der Waals surface area contributed by atoms with Gasteiger partial charge in [0, 0.05) is 24.2 Å². The Morgan fingerprint density at radius 1 is 1.38 bits per heavy atom. The highest BCUT2D eigenvalue weighted by atomic mass is 32.2. The fourth-order valence-corrected chi connectivity index (χ4v) is 3.77. The monoisotopic (exact) mass is 258 g/mol. The molecule has 1 rings (SSSR count). The summed E-state index contributed by atoms with van der Waals surface area (Å²) < 4.78 is 25.8. The third kappa shape index (κ3) is 2.72. The summed E-state index contributed by atoms with van der Waals surface area (Å²) in [6.45, 7) is 7.58. The van der Waals surface area contributed by atoms with Crippen molar-refractivity contribution in [3.05, 3.63) is 36.8 Å². The SMILES string of the molecule is C=CCN(CC=C)S(=O)(=O)c1cc(N)cs1. The fraction of sp³-hybridized carbons (Fsp3) is 0.200. The van der Waals surface area contributed by atoms with Crippen molar-refractivity contribution in [3.63, 3.8) is 0 Å². The molecule has 2 N–H and O–H groups in total. The summed E-state index contributed by atoms with van der Waals surface area (Å²) in [4.78, 5) is 0. The van der Waals surface area contributed by atoms with Crippen molar-refractivity contribution < 1.29 is 8.42 Å². The lowest BCUT2D eigenvalue weighted by molar-refractivity contribution is 0.476.